The van der Waals surface area contributed by atoms with Crippen molar-refractivity contribution in [1.29, 1.82) is 0 Å². The normalized spacial score (nSPS) is 12.7. The van der Waals surface area contributed by atoms with Crippen molar-refractivity contribution in [3.63, 3.8) is 0 Å². The molecule has 0 fully saturated rings. The molecular formula is C17H24BrN3. The van der Waals surface area contributed by atoms with E-state index in [0.717, 1.165) is 23.1 Å². The molecule has 3 nitrogen and oxygen atoms in total. The molecule has 0 saturated heterocycles. The molecule has 4 heteroatoms. The van der Waals surface area contributed by atoms with Gasteiger partial charge in [-0.1, -0.05) is 36.2 Å². The molecule has 114 valence electrons. The lowest BCUT2D eigenvalue weighted by Gasteiger charge is -2.20. The number of nitrogens with zero attached hydrogens (tertiary/aromatic N) is 2. The van der Waals surface area contributed by atoms with E-state index >= 15 is 0 Å². The van der Waals surface area contributed by atoms with Crippen LogP contribution in [0.2, 0.25) is 0 Å². The van der Waals surface area contributed by atoms with Crippen LogP contribution in [0.4, 0.5) is 0 Å². The third-order valence-corrected chi connectivity index (χ3v) is 4.79. The average molecular weight is 350 g/mol. The summed E-state index contributed by atoms with van der Waals surface area (Å²) in [6.45, 7) is 9.45. The highest BCUT2D eigenvalue weighted by molar-refractivity contribution is 9.10. The second-order valence-corrected chi connectivity index (χ2v) is 6.50. The van der Waals surface area contributed by atoms with Crippen LogP contribution >= 0.6 is 15.9 Å². The molecule has 21 heavy (non-hydrogen) atoms. The fraction of sp³-hybridized carbons (Fsp3) is 0.471. The maximum absolute atomic E-state index is 4.49. The third-order valence-electron chi connectivity index (χ3n) is 3.76. The van der Waals surface area contributed by atoms with Gasteiger partial charge in [-0.2, -0.15) is 5.10 Å². The van der Waals surface area contributed by atoms with Crippen LogP contribution in [0.1, 0.15) is 41.0 Å². The minimum absolute atomic E-state index is 0.305. The number of halogens is 1. The van der Waals surface area contributed by atoms with E-state index in [1.54, 1.807) is 0 Å². The number of aryl methyl sites for hydroxylation is 4. The molecule has 1 N–H and O–H groups in total. The Morgan fingerprint density at radius 1 is 1.19 bits per heavy atom. The van der Waals surface area contributed by atoms with Gasteiger partial charge in [-0.3, -0.25) is 4.68 Å². The molecule has 0 aliphatic carbocycles. The molecule has 1 aromatic heterocycles. The quantitative estimate of drug-likeness (QED) is 0.883. The number of benzene rings is 1. The van der Waals surface area contributed by atoms with E-state index in [1.165, 1.54) is 22.4 Å². The van der Waals surface area contributed by atoms with Gasteiger partial charge in [-0.25, -0.2) is 0 Å². The zero-order valence-corrected chi connectivity index (χ0v) is 15.1. The van der Waals surface area contributed by atoms with Crippen LogP contribution in [0.15, 0.2) is 22.7 Å². The molecule has 0 saturated carbocycles. The van der Waals surface area contributed by atoms with Gasteiger partial charge in [0.15, 0.2) is 0 Å². The van der Waals surface area contributed by atoms with Crippen molar-refractivity contribution in [3.05, 3.63) is 50.8 Å². The summed E-state index contributed by atoms with van der Waals surface area (Å²) in [6, 6.07) is 7.07. The molecule has 1 atom stereocenters. The van der Waals surface area contributed by atoms with Gasteiger partial charge in [0, 0.05) is 19.5 Å². The van der Waals surface area contributed by atoms with Gasteiger partial charge in [0.05, 0.1) is 15.9 Å². The second-order valence-electron chi connectivity index (χ2n) is 5.71. The van der Waals surface area contributed by atoms with E-state index in [9.17, 15) is 0 Å². The van der Waals surface area contributed by atoms with Gasteiger partial charge in [-0.05, 0) is 48.8 Å². The molecule has 0 aliphatic rings. The fourth-order valence-corrected chi connectivity index (χ4v) is 3.36. The predicted octanol–water partition coefficient (Wildman–Crippen LogP) is 4.00. The molecule has 1 heterocycles. The van der Waals surface area contributed by atoms with Crippen LogP contribution in [0.3, 0.4) is 0 Å². The van der Waals surface area contributed by atoms with Gasteiger partial charge >= 0.3 is 0 Å². The van der Waals surface area contributed by atoms with Crippen LogP contribution < -0.4 is 5.32 Å². The van der Waals surface area contributed by atoms with Gasteiger partial charge in [0.1, 0.15) is 0 Å². The lowest BCUT2D eigenvalue weighted by Crippen LogP contribution is -2.24. The highest BCUT2D eigenvalue weighted by Crippen LogP contribution is 2.27. The SMILES string of the molecule is CCNC(Cc1c(Br)c(C)nn1C)c1cc(C)cc(C)c1. The minimum Gasteiger partial charge on any atom is -0.310 e. The van der Waals surface area contributed by atoms with E-state index in [0.29, 0.717) is 6.04 Å². The number of nitrogens with one attached hydrogen (secondary N) is 1. The monoisotopic (exact) mass is 349 g/mol. The van der Waals surface area contributed by atoms with Crippen LogP contribution in [-0.4, -0.2) is 16.3 Å². The lowest BCUT2D eigenvalue weighted by molar-refractivity contribution is 0.527. The molecule has 1 aromatic carbocycles. The van der Waals surface area contributed by atoms with Gasteiger partial charge in [0.25, 0.3) is 0 Å². The topological polar surface area (TPSA) is 29.9 Å². The Labute approximate surface area is 135 Å². The van der Waals surface area contributed by atoms with Gasteiger partial charge < -0.3 is 5.32 Å². The fourth-order valence-electron chi connectivity index (χ4n) is 2.86. The molecule has 0 amide bonds. The van der Waals surface area contributed by atoms with Crippen molar-refractivity contribution in [3.8, 4) is 0 Å². The Morgan fingerprint density at radius 2 is 1.81 bits per heavy atom. The van der Waals surface area contributed by atoms with Crippen LogP contribution in [-0.2, 0) is 13.5 Å². The van der Waals surface area contributed by atoms with Crippen LogP contribution in [0, 0.1) is 20.8 Å². The first-order valence-corrected chi connectivity index (χ1v) is 8.21. The Hall–Kier alpha value is -1.13. The summed E-state index contributed by atoms with van der Waals surface area (Å²) in [7, 11) is 2.01. The van der Waals surface area contributed by atoms with Gasteiger partial charge in [-0.15, -0.1) is 0 Å². The number of rotatable bonds is 5. The van der Waals surface area contributed by atoms with Crippen LogP contribution in [0.25, 0.3) is 0 Å². The molecular weight excluding hydrogens is 326 g/mol. The zero-order chi connectivity index (χ0) is 15.6. The van der Waals surface area contributed by atoms with Crippen molar-refractivity contribution in [2.45, 2.75) is 40.2 Å². The van der Waals surface area contributed by atoms with E-state index in [2.05, 4.69) is 65.3 Å². The summed E-state index contributed by atoms with van der Waals surface area (Å²) >= 11 is 3.67. The van der Waals surface area contributed by atoms with Gasteiger partial charge in [0.2, 0.25) is 0 Å². The Bertz CT molecular complexity index is 611. The Morgan fingerprint density at radius 3 is 2.29 bits per heavy atom. The smallest absolute Gasteiger partial charge is 0.0738 e. The van der Waals surface area contributed by atoms with E-state index in [4.69, 9.17) is 0 Å². The second kappa shape index (κ2) is 6.75. The summed E-state index contributed by atoms with van der Waals surface area (Å²) in [5.74, 6) is 0. The number of aromatic nitrogens is 2. The maximum Gasteiger partial charge on any atom is 0.0738 e. The largest absolute Gasteiger partial charge is 0.310 e. The van der Waals surface area contributed by atoms with Crippen LogP contribution in [0.5, 0.6) is 0 Å². The van der Waals surface area contributed by atoms with Crippen molar-refractivity contribution in [1.82, 2.24) is 15.1 Å². The first-order chi connectivity index (χ1) is 9.92. The number of hydrogen-bond donors (Lipinski definition) is 1. The molecule has 0 aliphatic heterocycles. The summed E-state index contributed by atoms with van der Waals surface area (Å²) < 4.78 is 3.10. The number of likely N-dealkylation sites (N-methyl/N-ethyl adjacent to an activating group) is 1. The Balaban J connectivity index is 2.35. The molecule has 0 spiro atoms. The minimum atomic E-state index is 0.305. The summed E-state index contributed by atoms with van der Waals surface area (Å²) in [5.41, 5.74) is 6.25. The van der Waals surface area contributed by atoms with Crippen molar-refractivity contribution >= 4 is 15.9 Å². The average Bonchev–Trinajstić information content (AvgIpc) is 2.63. The zero-order valence-electron chi connectivity index (χ0n) is 13.5. The predicted molar refractivity (Wildman–Crippen MR) is 91.7 cm³/mol. The highest BCUT2D eigenvalue weighted by Gasteiger charge is 2.18. The summed E-state index contributed by atoms with van der Waals surface area (Å²) in [4.78, 5) is 0. The third kappa shape index (κ3) is 3.74. The first kappa shape index (κ1) is 16.2. The molecule has 2 aromatic rings. The van der Waals surface area contributed by atoms with Crippen molar-refractivity contribution < 1.29 is 0 Å². The van der Waals surface area contributed by atoms with Crippen molar-refractivity contribution in [2.24, 2.45) is 7.05 Å². The summed E-state index contributed by atoms with van der Waals surface area (Å²) in [5, 5.41) is 8.10. The van der Waals surface area contributed by atoms with E-state index in [1.807, 2.05) is 18.7 Å². The standard InChI is InChI=1S/C17H24BrN3/c1-6-19-15(14-8-11(2)7-12(3)9-14)10-16-17(18)13(4)20-21(16)5/h7-9,15,19H,6,10H2,1-5H3. The molecule has 0 bridgehead atoms. The molecule has 0 radical (unpaired) electrons. The first-order valence-electron chi connectivity index (χ1n) is 7.42. The highest BCUT2D eigenvalue weighted by atomic mass is 79.9. The van der Waals surface area contributed by atoms with Crippen molar-refractivity contribution in [2.75, 3.05) is 6.54 Å². The van der Waals surface area contributed by atoms with E-state index < -0.39 is 0 Å². The Kier molecular flexibility index (Phi) is 5.22. The summed E-state index contributed by atoms with van der Waals surface area (Å²) in [6.07, 6.45) is 0.925. The molecule has 2 rings (SSSR count). The maximum atomic E-state index is 4.49. The van der Waals surface area contributed by atoms with E-state index in [-0.39, 0.29) is 0 Å². The lowest BCUT2D eigenvalue weighted by atomic mass is 9.97. The number of hydrogen-bond acceptors (Lipinski definition) is 2. The molecule has 1 unspecified atom stereocenters.